The molecule has 2 aromatic rings. The summed E-state index contributed by atoms with van der Waals surface area (Å²) in [6.45, 7) is 11.6. The summed E-state index contributed by atoms with van der Waals surface area (Å²) in [5, 5.41) is 11.4. The van der Waals surface area contributed by atoms with Gasteiger partial charge in [-0.25, -0.2) is 0 Å². The number of ether oxygens (including phenoxy) is 1. The van der Waals surface area contributed by atoms with Crippen molar-refractivity contribution in [2.75, 3.05) is 33.8 Å². The zero-order chi connectivity index (χ0) is 25.2. The van der Waals surface area contributed by atoms with Crippen LogP contribution in [0, 0.1) is 6.92 Å². The number of benzene rings is 1. The number of carbonyl (C=O) groups excluding carboxylic acids is 2. The summed E-state index contributed by atoms with van der Waals surface area (Å²) in [6.07, 6.45) is 0.688. The van der Waals surface area contributed by atoms with E-state index >= 15 is 0 Å². The van der Waals surface area contributed by atoms with Gasteiger partial charge in [0.25, 0.3) is 11.7 Å². The standard InChI is InChI=1S/C27H36N2O5/c1-8-33-20-13-11-18(16-19(20)27(3,4)5)24(30)22-23(21-12-10-17(2)34-21)29(26(32)25(22)31)15-9-14-28(6)7/h10-13,16,23,30H,8-9,14-15H2,1-7H3/b24-22-. The van der Waals surface area contributed by atoms with Crippen LogP contribution in [0.2, 0.25) is 0 Å². The number of Topliss-reactive ketones (excluding diaryl/α,β-unsaturated/α-hetero) is 1. The number of carbonyl (C=O) groups is 2. The number of hydrogen-bond acceptors (Lipinski definition) is 6. The van der Waals surface area contributed by atoms with Gasteiger partial charge < -0.3 is 24.1 Å². The van der Waals surface area contributed by atoms with Crippen molar-refractivity contribution >= 4 is 17.4 Å². The van der Waals surface area contributed by atoms with Crippen LogP contribution in [-0.4, -0.2) is 60.4 Å². The zero-order valence-corrected chi connectivity index (χ0v) is 21.3. The third-order valence-corrected chi connectivity index (χ3v) is 5.94. The summed E-state index contributed by atoms with van der Waals surface area (Å²) < 4.78 is 11.6. The first kappa shape index (κ1) is 25.6. The van der Waals surface area contributed by atoms with Crippen LogP contribution >= 0.6 is 0 Å². The Bertz CT molecular complexity index is 1090. The highest BCUT2D eigenvalue weighted by Crippen LogP contribution is 2.41. The maximum atomic E-state index is 13.2. The van der Waals surface area contributed by atoms with Crippen molar-refractivity contribution in [3.63, 3.8) is 0 Å². The van der Waals surface area contributed by atoms with Crippen LogP contribution in [0.5, 0.6) is 5.75 Å². The molecule has 0 radical (unpaired) electrons. The molecule has 1 aromatic heterocycles. The number of likely N-dealkylation sites (tertiary alicyclic amines) is 1. The van der Waals surface area contributed by atoms with E-state index in [9.17, 15) is 14.7 Å². The second-order valence-electron chi connectivity index (χ2n) is 9.99. The van der Waals surface area contributed by atoms with Gasteiger partial charge >= 0.3 is 0 Å². The molecule has 7 nitrogen and oxygen atoms in total. The third kappa shape index (κ3) is 5.20. The molecule has 3 rings (SSSR count). The van der Waals surface area contributed by atoms with Crippen molar-refractivity contribution in [3.05, 3.63) is 58.6 Å². The summed E-state index contributed by atoms with van der Waals surface area (Å²) in [7, 11) is 3.92. The van der Waals surface area contributed by atoms with Crippen molar-refractivity contribution in [2.45, 2.75) is 52.5 Å². The van der Waals surface area contributed by atoms with E-state index in [1.807, 2.05) is 38.9 Å². The van der Waals surface area contributed by atoms with Gasteiger partial charge in [0.15, 0.2) is 0 Å². The molecule has 184 valence electrons. The van der Waals surface area contributed by atoms with Crippen LogP contribution in [0.3, 0.4) is 0 Å². The van der Waals surface area contributed by atoms with E-state index in [2.05, 4.69) is 20.8 Å². The van der Waals surface area contributed by atoms with E-state index in [1.54, 1.807) is 24.3 Å². The average molecular weight is 469 g/mol. The summed E-state index contributed by atoms with van der Waals surface area (Å²) in [4.78, 5) is 29.8. The highest BCUT2D eigenvalue weighted by atomic mass is 16.5. The first-order valence-electron chi connectivity index (χ1n) is 11.7. The molecule has 1 saturated heterocycles. The highest BCUT2D eigenvalue weighted by molar-refractivity contribution is 6.46. The summed E-state index contributed by atoms with van der Waals surface area (Å²) in [5.41, 5.74) is 1.17. The second kappa shape index (κ2) is 10.1. The van der Waals surface area contributed by atoms with Gasteiger partial charge in [-0.1, -0.05) is 20.8 Å². The lowest BCUT2D eigenvalue weighted by Crippen LogP contribution is -2.32. The number of aryl methyl sites for hydroxylation is 1. The summed E-state index contributed by atoms with van der Waals surface area (Å²) in [6, 6.07) is 8.14. The van der Waals surface area contributed by atoms with Gasteiger partial charge in [-0.2, -0.15) is 0 Å². The van der Waals surface area contributed by atoms with Crippen LogP contribution in [0.25, 0.3) is 5.76 Å². The van der Waals surface area contributed by atoms with Gasteiger partial charge in [0.05, 0.1) is 12.2 Å². The van der Waals surface area contributed by atoms with Crippen LogP contribution in [0.4, 0.5) is 0 Å². The van der Waals surface area contributed by atoms with Gasteiger partial charge in [-0.15, -0.1) is 0 Å². The van der Waals surface area contributed by atoms with E-state index < -0.39 is 17.7 Å². The van der Waals surface area contributed by atoms with E-state index in [4.69, 9.17) is 9.15 Å². The normalized spacial score (nSPS) is 18.2. The Kier molecular flexibility index (Phi) is 7.56. The summed E-state index contributed by atoms with van der Waals surface area (Å²) >= 11 is 0. The van der Waals surface area contributed by atoms with Gasteiger partial charge in [-0.05, 0) is 76.7 Å². The van der Waals surface area contributed by atoms with Crippen molar-refractivity contribution in [2.24, 2.45) is 0 Å². The fourth-order valence-corrected chi connectivity index (χ4v) is 4.26. The molecule has 1 atom stereocenters. The molecule has 1 amide bonds. The maximum Gasteiger partial charge on any atom is 0.295 e. The molecule has 7 heteroatoms. The van der Waals surface area contributed by atoms with Crippen LogP contribution in [-0.2, 0) is 15.0 Å². The Labute approximate surface area is 202 Å². The van der Waals surface area contributed by atoms with E-state index in [0.717, 1.165) is 17.9 Å². The molecule has 1 aliphatic rings. The predicted molar refractivity (Wildman–Crippen MR) is 132 cm³/mol. The molecular weight excluding hydrogens is 432 g/mol. The first-order chi connectivity index (χ1) is 16.0. The van der Waals surface area contributed by atoms with Gasteiger partial charge in [0.2, 0.25) is 0 Å². The van der Waals surface area contributed by atoms with Gasteiger partial charge in [0.1, 0.15) is 29.1 Å². The molecule has 1 N–H and O–H groups in total. The molecule has 0 saturated carbocycles. The fraction of sp³-hybridized carbons (Fsp3) is 0.481. The van der Waals surface area contributed by atoms with Crippen molar-refractivity contribution < 1.29 is 23.8 Å². The smallest absolute Gasteiger partial charge is 0.295 e. The topological polar surface area (TPSA) is 83.2 Å². The van der Waals surface area contributed by atoms with Gasteiger partial charge in [0, 0.05) is 17.7 Å². The largest absolute Gasteiger partial charge is 0.507 e. The van der Waals surface area contributed by atoms with Crippen LogP contribution in [0.15, 0.2) is 40.3 Å². The van der Waals surface area contributed by atoms with Crippen molar-refractivity contribution in [3.8, 4) is 5.75 Å². The average Bonchev–Trinajstić information content (AvgIpc) is 3.29. The molecule has 1 aliphatic heterocycles. The van der Waals surface area contributed by atoms with E-state index in [1.165, 1.54) is 4.90 Å². The Morgan fingerprint density at radius 1 is 1.18 bits per heavy atom. The molecule has 0 spiro atoms. The van der Waals surface area contributed by atoms with Crippen LogP contribution in [0.1, 0.15) is 62.8 Å². The second-order valence-corrected chi connectivity index (χ2v) is 9.99. The predicted octanol–water partition coefficient (Wildman–Crippen LogP) is 4.66. The minimum Gasteiger partial charge on any atom is -0.507 e. The zero-order valence-electron chi connectivity index (χ0n) is 21.3. The molecule has 34 heavy (non-hydrogen) atoms. The molecule has 1 fully saturated rings. The van der Waals surface area contributed by atoms with E-state index in [-0.39, 0.29) is 16.7 Å². The number of ketones is 1. The minimum atomic E-state index is -0.777. The summed E-state index contributed by atoms with van der Waals surface area (Å²) in [5.74, 6) is 0.332. The van der Waals surface area contributed by atoms with Crippen molar-refractivity contribution in [1.82, 2.24) is 9.80 Å². The van der Waals surface area contributed by atoms with Gasteiger partial charge in [-0.3, -0.25) is 9.59 Å². The lowest BCUT2D eigenvalue weighted by Gasteiger charge is -2.25. The lowest BCUT2D eigenvalue weighted by molar-refractivity contribution is -0.140. The molecule has 0 aliphatic carbocycles. The number of aliphatic hydroxyl groups excluding tert-OH is 1. The molecule has 1 aromatic carbocycles. The molecule has 0 bridgehead atoms. The third-order valence-electron chi connectivity index (χ3n) is 5.94. The quantitative estimate of drug-likeness (QED) is 0.345. The molecule has 2 heterocycles. The number of amides is 1. The fourth-order valence-electron chi connectivity index (χ4n) is 4.26. The Morgan fingerprint density at radius 3 is 2.44 bits per heavy atom. The number of nitrogens with zero attached hydrogens (tertiary/aromatic N) is 2. The number of hydrogen-bond donors (Lipinski definition) is 1. The first-order valence-corrected chi connectivity index (χ1v) is 11.7. The minimum absolute atomic E-state index is 0.0493. The lowest BCUT2D eigenvalue weighted by atomic mass is 9.84. The van der Waals surface area contributed by atoms with Crippen molar-refractivity contribution in [1.29, 1.82) is 0 Å². The highest BCUT2D eigenvalue weighted by Gasteiger charge is 2.47. The Balaban J connectivity index is 2.13. The van der Waals surface area contributed by atoms with Crippen LogP contribution < -0.4 is 4.74 Å². The SMILES string of the molecule is CCOc1ccc(/C(O)=C2/C(=O)C(=O)N(CCCN(C)C)C2c2ccc(C)o2)cc1C(C)(C)C. The Morgan fingerprint density at radius 2 is 1.88 bits per heavy atom. The number of furan rings is 1. The number of aliphatic hydroxyl groups is 1. The van der Waals surface area contributed by atoms with E-state index in [0.29, 0.717) is 36.7 Å². The Hall–Kier alpha value is -3.06. The molecular formula is C27H36N2O5. The maximum absolute atomic E-state index is 13.2. The molecule has 1 unspecified atom stereocenters. The monoisotopic (exact) mass is 468 g/mol. The number of rotatable bonds is 8.